The van der Waals surface area contributed by atoms with Crippen molar-refractivity contribution in [2.45, 2.75) is 64.9 Å². The fraction of sp³-hybridized carbons (Fsp3) is 1.00. The summed E-state index contributed by atoms with van der Waals surface area (Å²) in [6.07, 6.45) is 5.95. The van der Waals surface area contributed by atoms with Crippen molar-refractivity contribution in [3.05, 3.63) is 0 Å². The average Bonchev–Trinajstić information content (AvgIpc) is 2.16. The van der Waals surface area contributed by atoms with E-state index in [9.17, 15) is 5.11 Å². The Balaban J connectivity index is 3.78. The van der Waals surface area contributed by atoms with Gasteiger partial charge in [0.25, 0.3) is 0 Å². The van der Waals surface area contributed by atoms with Crippen LogP contribution in [0.15, 0.2) is 0 Å². The van der Waals surface area contributed by atoms with Gasteiger partial charge in [0.05, 0.1) is 5.60 Å². The van der Waals surface area contributed by atoms with Crippen LogP contribution >= 0.6 is 0 Å². The lowest BCUT2D eigenvalue weighted by Gasteiger charge is -2.26. The summed E-state index contributed by atoms with van der Waals surface area (Å²) in [6.45, 7) is 6.41. The minimum atomic E-state index is -0.500. The van der Waals surface area contributed by atoms with Crippen molar-refractivity contribution in [1.29, 1.82) is 0 Å². The SMILES string of the molecule is CCC(CCCCO)CC(C)(O)CC. The maximum atomic E-state index is 9.93. The average molecular weight is 202 g/mol. The number of rotatable bonds is 8. The van der Waals surface area contributed by atoms with E-state index in [4.69, 9.17) is 5.11 Å². The van der Waals surface area contributed by atoms with Crippen molar-refractivity contribution in [1.82, 2.24) is 0 Å². The Hall–Kier alpha value is -0.0800. The van der Waals surface area contributed by atoms with Gasteiger partial charge in [0.15, 0.2) is 0 Å². The molecule has 2 atom stereocenters. The van der Waals surface area contributed by atoms with Crippen LogP contribution in [0.5, 0.6) is 0 Å². The summed E-state index contributed by atoms with van der Waals surface area (Å²) < 4.78 is 0. The zero-order valence-electron chi connectivity index (χ0n) is 9.92. The third kappa shape index (κ3) is 6.39. The van der Waals surface area contributed by atoms with E-state index in [0.717, 1.165) is 38.5 Å². The van der Waals surface area contributed by atoms with Gasteiger partial charge < -0.3 is 10.2 Å². The molecule has 0 heterocycles. The van der Waals surface area contributed by atoms with Crippen molar-refractivity contribution in [2.75, 3.05) is 6.61 Å². The van der Waals surface area contributed by atoms with Crippen LogP contribution in [0.2, 0.25) is 0 Å². The normalized spacial score (nSPS) is 17.8. The molecule has 0 saturated carbocycles. The molecular formula is C12H26O2. The molecule has 0 aliphatic rings. The molecule has 0 aliphatic heterocycles. The molecule has 0 saturated heterocycles. The van der Waals surface area contributed by atoms with Gasteiger partial charge in [-0.15, -0.1) is 0 Å². The lowest BCUT2D eigenvalue weighted by atomic mass is 9.85. The van der Waals surface area contributed by atoms with Gasteiger partial charge in [0, 0.05) is 6.61 Å². The summed E-state index contributed by atoms with van der Waals surface area (Å²) in [6, 6.07) is 0. The van der Waals surface area contributed by atoms with Gasteiger partial charge >= 0.3 is 0 Å². The molecule has 0 fully saturated rings. The highest BCUT2D eigenvalue weighted by atomic mass is 16.3. The smallest absolute Gasteiger partial charge is 0.0619 e. The third-order valence-corrected chi connectivity index (χ3v) is 3.09. The second-order valence-corrected chi connectivity index (χ2v) is 4.55. The highest BCUT2D eigenvalue weighted by Crippen LogP contribution is 2.25. The molecule has 2 nitrogen and oxygen atoms in total. The topological polar surface area (TPSA) is 40.5 Å². The molecule has 0 spiro atoms. The van der Waals surface area contributed by atoms with E-state index in [1.54, 1.807) is 0 Å². The van der Waals surface area contributed by atoms with Gasteiger partial charge in [0.1, 0.15) is 0 Å². The van der Waals surface area contributed by atoms with Crippen LogP contribution in [0.3, 0.4) is 0 Å². The number of unbranched alkanes of at least 4 members (excludes halogenated alkanes) is 1. The first-order valence-electron chi connectivity index (χ1n) is 5.89. The van der Waals surface area contributed by atoms with Gasteiger partial charge in [0.2, 0.25) is 0 Å². The highest BCUT2D eigenvalue weighted by Gasteiger charge is 2.21. The Labute approximate surface area is 88.3 Å². The molecule has 0 aromatic heterocycles. The molecule has 0 aliphatic carbocycles. The molecule has 0 aromatic rings. The fourth-order valence-electron chi connectivity index (χ4n) is 1.76. The van der Waals surface area contributed by atoms with Gasteiger partial charge in [-0.3, -0.25) is 0 Å². The van der Waals surface area contributed by atoms with Crippen LogP contribution in [0.4, 0.5) is 0 Å². The fourth-order valence-corrected chi connectivity index (χ4v) is 1.76. The first-order chi connectivity index (χ1) is 6.55. The van der Waals surface area contributed by atoms with E-state index in [1.807, 2.05) is 13.8 Å². The van der Waals surface area contributed by atoms with E-state index >= 15 is 0 Å². The van der Waals surface area contributed by atoms with Crippen molar-refractivity contribution in [2.24, 2.45) is 5.92 Å². The van der Waals surface area contributed by atoms with Crippen LogP contribution in [0, 0.1) is 5.92 Å². The van der Waals surface area contributed by atoms with E-state index in [2.05, 4.69) is 6.92 Å². The van der Waals surface area contributed by atoms with Crippen LogP contribution in [0.1, 0.15) is 59.3 Å². The van der Waals surface area contributed by atoms with Crippen LogP contribution in [-0.2, 0) is 0 Å². The van der Waals surface area contributed by atoms with Crippen molar-refractivity contribution < 1.29 is 10.2 Å². The van der Waals surface area contributed by atoms with Crippen molar-refractivity contribution in [3.8, 4) is 0 Å². The first kappa shape index (κ1) is 13.9. The Kier molecular flexibility index (Phi) is 7.20. The van der Waals surface area contributed by atoms with Crippen LogP contribution in [0.25, 0.3) is 0 Å². The maximum absolute atomic E-state index is 9.93. The minimum Gasteiger partial charge on any atom is -0.396 e. The summed E-state index contributed by atoms with van der Waals surface area (Å²) in [5.41, 5.74) is -0.500. The quantitative estimate of drug-likeness (QED) is 0.594. The van der Waals surface area contributed by atoms with Crippen LogP contribution in [-0.4, -0.2) is 22.4 Å². The zero-order valence-corrected chi connectivity index (χ0v) is 9.92. The number of hydrogen-bond acceptors (Lipinski definition) is 2. The molecule has 0 radical (unpaired) electrons. The number of aliphatic hydroxyl groups is 2. The predicted molar refractivity (Wildman–Crippen MR) is 60.2 cm³/mol. The first-order valence-corrected chi connectivity index (χ1v) is 5.89. The molecule has 86 valence electrons. The van der Waals surface area contributed by atoms with E-state index in [-0.39, 0.29) is 0 Å². The molecule has 0 aromatic carbocycles. The van der Waals surface area contributed by atoms with Gasteiger partial charge in [-0.25, -0.2) is 0 Å². The Bertz CT molecular complexity index is 132. The summed E-state index contributed by atoms with van der Waals surface area (Å²) in [4.78, 5) is 0. The Morgan fingerprint density at radius 1 is 1.21 bits per heavy atom. The molecule has 2 heteroatoms. The predicted octanol–water partition coefficient (Wildman–Crippen LogP) is 2.73. The lowest BCUT2D eigenvalue weighted by Crippen LogP contribution is -2.26. The summed E-state index contributed by atoms with van der Waals surface area (Å²) in [7, 11) is 0. The van der Waals surface area contributed by atoms with Crippen molar-refractivity contribution in [3.63, 3.8) is 0 Å². The Morgan fingerprint density at radius 2 is 1.86 bits per heavy atom. The highest BCUT2D eigenvalue weighted by molar-refractivity contribution is 4.74. The Morgan fingerprint density at radius 3 is 2.29 bits per heavy atom. The molecule has 2 N–H and O–H groups in total. The monoisotopic (exact) mass is 202 g/mol. The van der Waals surface area contributed by atoms with Gasteiger partial charge in [-0.2, -0.15) is 0 Å². The van der Waals surface area contributed by atoms with E-state index < -0.39 is 5.60 Å². The van der Waals surface area contributed by atoms with Crippen LogP contribution < -0.4 is 0 Å². The van der Waals surface area contributed by atoms with E-state index in [1.165, 1.54) is 0 Å². The molecule has 2 unspecified atom stereocenters. The molecule has 0 amide bonds. The van der Waals surface area contributed by atoms with Gasteiger partial charge in [-0.05, 0) is 32.1 Å². The lowest BCUT2D eigenvalue weighted by molar-refractivity contribution is 0.0274. The molecule has 14 heavy (non-hydrogen) atoms. The number of aliphatic hydroxyl groups excluding tert-OH is 1. The number of hydrogen-bond donors (Lipinski definition) is 2. The third-order valence-electron chi connectivity index (χ3n) is 3.09. The maximum Gasteiger partial charge on any atom is 0.0619 e. The minimum absolute atomic E-state index is 0.292. The standard InChI is InChI=1S/C12H26O2/c1-4-11(8-6-7-9-13)10-12(3,14)5-2/h11,13-14H,4-10H2,1-3H3. The second-order valence-electron chi connectivity index (χ2n) is 4.55. The zero-order chi connectivity index (χ0) is 11.0. The molecular weight excluding hydrogens is 176 g/mol. The summed E-state index contributed by atoms with van der Waals surface area (Å²) in [5.74, 6) is 0.608. The van der Waals surface area contributed by atoms with Crippen molar-refractivity contribution >= 4 is 0 Å². The summed E-state index contributed by atoms with van der Waals surface area (Å²) >= 11 is 0. The molecule has 0 bridgehead atoms. The second kappa shape index (κ2) is 7.24. The van der Waals surface area contributed by atoms with E-state index in [0.29, 0.717) is 12.5 Å². The van der Waals surface area contributed by atoms with Gasteiger partial charge in [-0.1, -0.05) is 33.1 Å². The molecule has 0 rings (SSSR count). The largest absolute Gasteiger partial charge is 0.396 e. The summed E-state index contributed by atoms with van der Waals surface area (Å²) in [5, 5.41) is 18.6.